The van der Waals surface area contributed by atoms with Gasteiger partial charge in [-0.05, 0) is 0 Å². The van der Waals surface area contributed by atoms with Crippen molar-refractivity contribution >= 4 is 21.2 Å². The maximum absolute atomic E-state index is 13.0. The average Bonchev–Trinajstić information content (AvgIpc) is 3.02. The Balaban J connectivity index is 1.97. The van der Waals surface area contributed by atoms with Gasteiger partial charge in [0.1, 0.15) is 0 Å². The van der Waals surface area contributed by atoms with Crippen LogP contribution in [0.1, 0.15) is 37.4 Å². The first kappa shape index (κ1) is 11.2. The molecule has 0 aromatic heterocycles. The van der Waals surface area contributed by atoms with E-state index in [2.05, 4.69) is 0 Å². The molecule has 0 radical (unpaired) electrons. The minimum absolute atomic E-state index is 0.173. The number of aliphatic hydroxyl groups excluding tert-OH is 1. The first-order valence-electron chi connectivity index (χ1n) is 5.40. The van der Waals surface area contributed by atoms with Crippen LogP contribution in [0.15, 0.2) is 18.2 Å². The van der Waals surface area contributed by atoms with E-state index in [9.17, 15) is 9.50 Å². The van der Waals surface area contributed by atoms with Crippen molar-refractivity contribution in [2.45, 2.75) is 31.8 Å². The Bertz CT molecular complexity index is 349. The summed E-state index contributed by atoms with van der Waals surface area (Å²) < 4.78 is 13.7. The Morgan fingerprint density at radius 3 is 2.80 bits per heavy atom. The summed E-state index contributed by atoms with van der Waals surface area (Å²) in [6.07, 6.45) is 4.13. The molecule has 0 bridgehead atoms. The van der Waals surface area contributed by atoms with Crippen molar-refractivity contribution < 1.29 is 9.50 Å². The van der Waals surface area contributed by atoms with Gasteiger partial charge in [-0.25, -0.2) is 0 Å². The molecule has 2 atom stereocenters. The SMILES string of the molecule is OC(CCC1CC1)c1ccc(F)c([AsH2])c1. The van der Waals surface area contributed by atoms with E-state index in [0.717, 1.165) is 24.3 Å². The van der Waals surface area contributed by atoms with Crippen molar-refractivity contribution in [3.05, 3.63) is 29.6 Å². The van der Waals surface area contributed by atoms with E-state index in [1.54, 1.807) is 12.1 Å². The van der Waals surface area contributed by atoms with Crippen molar-refractivity contribution in [3.63, 3.8) is 0 Å². The van der Waals surface area contributed by atoms with Gasteiger partial charge < -0.3 is 0 Å². The fourth-order valence-electron chi connectivity index (χ4n) is 1.74. The second-order valence-electron chi connectivity index (χ2n) is 4.32. The number of halogens is 1. The van der Waals surface area contributed by atoms with Gasteiger partial charge in [-0.2, -0.15) is 0 Å². The average molecular weight is 270 g/mol. The molecule has 1 aromatic carbocycles. The third-order valence-corrected chi connectivity index (χ3v) is 3.88. The van der Waals surface area contributed by atoms with Crippen LogP contribution in [-0.2, 0) is 0 Å². The summed E-state index contributed by atoms with van der Waals surface area (Å²) in [7, 11) is 0. The predicted octanol–water partition coefficient (Wildman–Crippen LogP) is 1.31. The topological polar surface area (TPSA) is 20.2 Å². The molecule has 0 amide bonds. The molecule has 1 N–H and O–H groups in total. The molecule has 2 unspecified atom stereocenters. The zero-order valence-electron chi connectivity index (χ0n) is 8.62. The Morgan fingerprint density at radius 1 is 1.47 bits per heavy atom. The van der Waals surface area contributed by atoms with Gasteiger partial charge in [-0.1, -0.05) is 0 Å². The fourth-order valence-corrected chi connectivity index (χ4v) is 2.34. The van der Waals surface area contributed by atoms with Crippen molar-refractivity contribution in [2.24, 2.45) is 5.92 Å². The van der Waals surface area contributed by atoms with Gasteiger partial charge >= 0.3 is 98.0 Å². The van der Waals surface area contributed by atoms with Crippen molar-refractivity contribution in [1.29, 1.82) is 0 Å². The monoisotopic (exact) mass is 270 g/mol. The molecule has 82 valence electrons. The van der Waals surface area contributed by atoms with Crippen LogP contribution in [0.2, 0.25) is 0 Å². The van der Waals surface area contributed by atoms with E-state index in [1.165, 1.54) is 35.8 Å². The van der Waals surface area contributed by atoms with Gasteiger partial charge in [-0.15, -0.1) is 0 Å². The number of hydrogen-bond acceptors (Lipinski definition) is 1. The van der Waals surface area contributed by atoms with E-state index in [-0.39, 0.29) is 5.82 Å². The van der Waals surface area contributed by atoms with E-state index >= 15 is 0 Å². The zero-order valence-corrected chi connectivity index (χ0v) is 11.0. The van der Waals surface area contributed by atoms with Crippen LogP contribution in [0.25, 0.3) is 0 Å². The molecule has 0 spiro atoms. The summed E-state index contributed by atoms with van der Waals surface area (Å²) in [6.45, 7) is 0. The molecule has 1 nitrogen and oxygen atoms in total. The van der Waals surface area contributed by atoms with E-state index in [1.807, 2.05) is 0 Å². The third kappa shape index (κ3) is 3.06. The molecule has 1 fully saturated rings. The van der Waals surface area contributed by atoms with Crippen LogP contribution in [0.5, 0.6) is 0 Å². The van der Waals surface area contributed by atoms with Crippen molar-refractivity contribution in [1.82, 2.24) is 0 Å². The Kier molecular flexibility index (Phi) is 3.48. The molecule has 1 aliphatic carbocycles. The van der Waals surface area contributed by atoms with Gasteiger partial charge in [0, 0.05) is 0 Å². The van der Waals surface area contributed by atoms with Crippen LogP contribution in [0, 0.1) is 11.7 Å². The normalized spacial score (nSPS) is 17.8. The minimum atomic E-state index is -0.416. The van der Waals surface area contributed by atoms with Gasteiger partial charge in [0.2, 0.25) is 0 Å². The van der Waals surface area contributed by atoms with Gasteiger partial charge in [-0.3, -0.25) is 0 Å². The van der Waals surface area contributed by atoms with Crippen LogP contribution < -0.4 is 4.35 Å². The fraction of sp³-hybridized carbons (Fsp3) is 0.500. The molecule has 15 heavy (non-hydrogen) atoms. The van der Waals surface area contributed by atoms with E-state index in [0.29, 0.717) is 4.35 Å². The van der Waals surface area contributed by atoms with Crippen LogP contribution in [-0.4, -0.2) is 22.0 Å². The number of rotatable bonds is 4. The molecule has 3 heteroatoms. The first-order chi connectivity index (χ1) is 7.16. The summed E-state index contributed by atoms with van der Waals surface area (Å²) in [6, 6.07) is 4.91. The zero-order chi connectivity index (χ0) is 10.8. The standard InChI is InChI=1S/C12H16AsFO/c13-10-7-9(4-5-11(10)14)12(15)6-3-8-1-2-8/h4-5,7-8,12,15H,1-3,6,13H2. The Hall–Kier alpha value is -0.332. The number of benzene rings is 1. The first-order valence-corrected chi connectivity index (χ1v) is 6.61. The van der Waals surface area contributed by atoms with Gasteiger partial charge in [0.05, 0.1) is 0 Å². The molecule has 0 heterocycles. The predicted molar refractivity (Wildman–Crippen MR) is 61.5 cm³/mol. The molecular formula is C12H16AsFO. The van der Waals surface area contributed by atoms with E-state index < -0.39 is 6.10 Å². The van der Waals surface area contributed by atoms with Crippen LogP contribution in [0.4, 0.5) is 4.39 Å². The second kappa shape index (κ2) is 4.67. The van der Waals surface area contributed by atoms with Gasteiger partial charge in [0.25, 0.3) is 0 Å². The quantitative estimate of drug-likeness (QED) is 0.818. The number of hydrogen-bond donors (Lipinski definition) is 1. The van der Waals surface area contributed by atoms with Crippen molar-refractivity contribution in [2.75, 3.05) is 0 Å². The maximum atomic E-state index is 13.0. The second-order valence-corrected chi connectivity index (χ2v) is 5.62. The van der Waals surface area contributed by atoms with Crippen LogP contribution >= 0.6 is 0 Å². The molecule has 0 aliphatic heterocycles. The molecular weight excluding hydrogens is 254 g/mol. The summed E-state index contributed by atoms with van der Waals surface area (Å²) in [5.74, 6) is 0.665. The third-order valence-electron chi connectivity index (χ3n) is 2.95. The van der Waals surface area contributed by atoms with Gasteiger partial charge in [0.15, 0.2) is 0 Å². The number of aliphatic hydroxyl groups is 1. The Labute approximate surface area is 98.2 Å². The molecule has 1 aliphatic rings. The summed E-state index contributed by atoms with van der Waals surface area (Å²) in [4.78, 5) is 0. The van der Waals surface area contributed by atoms with E-state index in [4.69, 9.17) is 0 Å². The molecule has 0 saturated heterocycles. The van der Waals surface area contributed by atoms with Crippen LogP contribution in [0.3, 0.4) is 0 Å². The summed E-state index contributed by atoms with van der Waals surface area (Å²) >= 11 is 1.26. The molecule has 1 saturated carbocycles. The summed E-state index contributed by atoms with van der Waals surface area (Å²) in [5, 5.41) is 9.90. The van der Waals surface area contributed by atoms with Crippen molar-refractivity contribution in [3.8, 4) is 0 Å². The summed E-state index contributed by atoms with van der Waals surface area (Å²) in [5.41, 5.74) is 0.858. The molecule has 2 rings (SSSR count). The molecule has 1 aromatic rings. The Morgan fingerprint density at radius 2 is 2.20 bits per heavy atom.